The minimum atomic E-state index is -0.474. The minimum Gasteiger partial charge on any atom is -0.350 e. The molecule has 0 aliphatic rings. The van der Waals surface area contributed by atoms with Gasteiger partial charge in [-0.05, 0) is 25.3 Å². The lowest BCUT2D eigenvalue weighted by molar-refractivity contribution is -0.386. The van der Waals surface area contributed by atoms with Crippen LogP contribution in [0.25, 0.3) is 0 Å². The van der Waals surface area contributed by atoms with Crippen molar-refractivity contribution in [1.29, 1.82) is 0 Å². The first-order valence-corrected chi connectivity index (χ1v) is 6.84. The van der Waals surface area contributed by atoms with Gasteiger partial charge in [0.2, 0.25) is 5.91 Å². The topological polar surface area (TPSA) is 90.1 Å². The number of aromatic nitrogens is 2. The number of hydrogen-bond acceptors (Lipinski definition) is 5. The number of hydrogen-bond donors (Lipinski definition) is 1. The Morgan fingerprint density at radius 3 is 2.85 bits per heavy atom. The zero-order valence-electron chi connectivity index (χ0n) is 11.1. The van der Waals surface area contributed by atoms with Crippen molar-refractivity contribution < 1.29 is 9.72 Å². The molecular formula is C12H14N4O3S. The molecule has 1 amide bonds. The number of rotatable bonds is 5. The molecule has 2 aromatic rings. The second-order valence-corrected chi connectivity index (χ2v) is 5.32. The fourth-order valence-corrected chi connectivity index (χ4v) is 2.54. The number of nitrogens with one attached hydrogen (secondary N) is 1. The SMILES string of the molecule is Cc1nn(CC(=O)NCc2cccs2)c(C)c1[N+](=O)[O-]. The van der Waals surface area contributed by atoms with Gasteiger partial charge in [0, 0.05) is 4.88 Å². The lowest BCUT2D eigenvalue weighted by atomic mass is 10.3. The van der Waals surface area contributed by atoms with Gasteiger partial charge in [0.05, 0.1) is 11.5 Å². The molecule has 106 valence electrons. The molecule has 0 bridgehead atoms. The van der Waals surface area contributed by atoms with E-state index in [9.17, 15) is 14.9 Å². The molecule has 7 nitrogen and oxygen atoms in total. The molecule has 0 aliphatic carbocycles. The molecule has 0 fully saturated rings. The molecule has 20 heavy (non-hydrogen) atoms. The molecule has 2 rings (SSSR count). The van der Waals surface area contributed by atoms with Gasteiger partial charge in [0.1, 0.15) is 17.9 Å². The fourth-order valence-electron chi connectivity index (χ4n) is 1.90. The normalized spacial score (nSPS) is 10.5. The number of amides is 1. The van der Waals surface area contributed by atoms with Crippen LogP contribution in [-0.4, -0.2) is 20.6 Å². The van der Waals surface area contributed by atoms with Crippen LogP contribution in [-0.2, 0) is 17.9 Å². The van der Waals surface area contributed by atoms with Crippen molar-refractivity contribution in [3.05, 3.63) is 43.9 Å². The maximum Gasteiger partial charge on any atom is 0.312 e. The molecule has 0 spiro atoms. The van der Waals surface area contributed by atoms with Gasteiger partial charge < -0.3 is 5.32 Å². The van der Waals surface area contributed by atoms with Gasteiger partial charge in [-0.1, -0.05) is 6.07 Å². The highest BCUT2D eigenvalue weighted by molar-refractivity contribution is 7.09. The Labute approximate surface area is 119 Å². The van der Waals surface area contributed by atoms with Gasteiger partial charge >= 0.3 is 5.69 Å². The minimum absolute atomic E-state index is 0.0219. The van der Waals surface area contributed by atoms with E-state index in [4.69, 9.17) is 0 Å². The summed E-state index contributed by atoms with van der Waals surface area (Å²) >= 11 is 1.56. The van der Waals surface area contributed by atoms with Crippen molar-refractivity contribution in [1.82, 2.24) is 15.1 Å². The number of nitro groups is 1. The van der Waals surface area contributed by atoms with Crippen LogP contribution < -0.4 is 5.32 Å². The predicted octanol–water partition coefficient (Wildman–Crippen LogP) is 1.79. The van der Waals surface area contributed by atoms with Crippen molar-refractivity contribution in [3.63, 3.8) is 0 Å². The molecule has 0 saturated carbocycles. The third kappa shape index (κ3) is 3.02. The van der Waals surface area contributed by atoms with Crippen molar-refractivity contribution in [2.24, 2.45) is 0 Å². The van der Waals surface area contributed by atoms with Gasteiger partial charge in [-0.3, -0.25) is 19.6 Å². The van der Waals surface area contributed by atoms with Crippen molar-refractivity contribution in [2.45, 2.75) is 26.9 Å². The predicted molar refractivity (Wildman–Crippen MR) is 74.5 cm³/mol. The molecule has 2 aromatic heterocycles. The fraction of sp³-hybridized carbons (Fsp3) is 0.333. The number of thiophene rings is 1. The number of nitrogens with zero attached hydrogens (tertiary/aromatic N) is 3. The van der Waals surface area contributed by atoms with Crippen LogP contribution >= 0.6 is 11.3 Å². The third-order valence-electron chi connectivity index (χ3n) is 2.86. The Morgan fingerprint density at radius 2 is 2.30 bits per heavy atom. The summed E-state index contributed by atoms with van der Waals surface area (Å²) in [6.45, 7) is 3.58. The van der Waals surface area contributed by atoms with E-state index in [0.29, 0.717) is 17.9 Å². The summed E-state index contributed by atoms with van der Waals surface area (Å²) in [5.41, 5.74) is 0.674. The Bertz CT molecular complexity index is 633. The first-order chi connectivity index (χ1) is 9.49. The molecule has 0 radical (unpaired) electrons. The van der Waals surface area contributed by atoms with Gasteiger partial charge in [0.25, 0.3) is 0 Å². The zero-order chi connectivity index (χ0) is 14.7. The van der Waals surface area contributed by atoms with Gasteiger partial charge in [-0.25, -0.2) is 0 Å². The standard InChI is InChI=1S/C12H14N4O3S/c1-8-12(16(18)19)9(2)15(14-8)7-11(17)13-6-10-4-3-5-20-10/h3-5H,6-7H2,1-2H3,(H,13,17). The molecule has 0 atom stereocenters. The summed E-state index contributed by atoms with van der Waals surface area (Å²) in [5.74, 6) is -0.223. The van der Waals surface area contributed by atoms with Crippen LogP contribution in [0.2, 0.25) is 0 Å². The van der Waals surface area contributed by atoms with Gasteiger partial charge in [-0.2, -0.15) is 5.10 Å². The van der Waals surface area contributed by atoms with Gasteiger partial charge in [0.15, 0.2) is 0 Å². The van der Waals surface area contributed by atoms with Crippen LogP contribution in [0, 0.1) is 24.0 Å². The summed E-state index contributed by atoms with van der Waals surface area (Å²) in [5, 5.41) is 19.6. The zero-order valence-corrected chi connectivity index (χ0v) is 11.9. The Kier molecular flexibility index (Phi) is 4.14. The number of carbonyl (C=O) groups is 1. The van der Waals surface area contributed by atoms with Crippen LogP contribution in [0.15, 0.2) is 17.5 Å². The van der Waals surface area contributed by atoms with E-state index < -0.39 is 4.92 Å². The molecule has 8 heteroatoms. The molecule has 0 unspecified atom stereocenters. The molecular weight excluding hydrogens is 280 g/mol. The molecule has 2 heterocycles. The molecule has 0 aliphatic heterocycles. The highest BCUT2D eigenvalue weighted by Gasteiger charge is 2.22. The highest BCUT2D eigenvalue weighted by Crippen LogP contribution is 2.21. The van der Waals surface area contributed by atoms with Crippen LogP contribution in [0.4, 0.5) is 5.69 Å². The monoisotopic (exact) mass is 294 g/mol. The average Bonchev–Trinajstić information content (AvgIpc) is 2.96. The molecule has 0 saturated heterocycles. The second kappa shape index (κ2) is 5.83. The van der Waals surface area contributed by atoms with Crippen molar-refractivity contribution >= 4 is 22.9 Å². The molecule has 0 aromatic carbocycles. The first-order valence-electron chi connectivity index (χ1n) is 5.96. The van der Waals surface area contributed by atoms with E-state index in [1.165, 1.54) is 4.68 Å². The van der Waals surface area contributed by atoms with E-state index in [1.807, 2.05) is 17.5 Å². The van der Waals surface area contributed by atoms with Gasteiger partial charge in [-0.15, -0.1) is 11.3 Å². The van der Waals surface area contributed by atoms with Crippen LogP contribution in [0.1, 0.15) is 16.3 Å². The van der Waals surface area contributed by atoms with E-state index in [-0.39, 0.29) is 18.1 Å². The van der Waals surface area contributed by atoms with E-state index in [1.54, 1.807) is 25.2 Å². The average molecular weight is 294 g/mol. The number of aryl methyl sites for hydroxylation is 1. The summed E-state index contributed by atoms with van der Waals surface area (Å²) in [6, 6.07) is 3.84. The van der Waals surface area contributed by atoms with E-state index >= 15 is 0 Å². The maximum absolute atomic E-state index is 11.8. The number of carbonyl (C=O) groups excluding carboxylic acids is 1. The van der Waals surface area contributed by atoms with E-state index in [0.717, 1.165) is 4.88 Å². The summed E-state index contributed by atoms with van der Waals surface area (Å²) in [4.78, 5) is 23.3. The summed E-state index contributed by atoms with van der Waals surface area (Å²) in [7, 11) is 0. The summed E-state index contributed by atoms with van der Waals surface area (Å²) in [6.07, 6.45) is 0. The lowest BCUT2D eigenvalue weighted by Crippen LogP contribution is -2.27. The lowest BCUT2D eigenvalue weighted by Gasteiger charge is -2.05. The smallest absolute Gasteiger partial charge is 0.312 e. The molecule has 1 N–H and O–H groups in total. The Hall–Kier alpha value is -2.22. The van der Waals surface area contributed by atoms with E-state index in [2.05, 4.69) is 10.4 Å². The van der Waals surface area contributed by atoms with Crippen LogP contribution in [0.5, 0.6) is 0 Å². The highest BCUT2D eigenvalue weighted by atomic mass is 32.1. The van der Waals surface area contributed by atoms with Crippen molar-refractivity contribution in [2.75, 3.05) is 0 Å². The Morgan fingerprint density at radius 1 is 1.55 bits per heavy atom. The third-order valence-corrected chi connectivity index (χ3v) is 3.74. The van der Waals surface area contributed by atoms with Crippen LogP contribution in [0.3, 0.4) is 0 Å². The Balaban J connectivity index is 2.01. The first kappa shape index (κ1) is 14.2. The second-order valence-electron chi connectivity index (χ2n) is 4.29. The quantitative estimate of drug-likeness (QED) is 0.672. The van der Waals surface area contributed by atoms with Crippen molar-refractivity contribution in [3.8, 4) is 0 Å². The largest absolute Gasteiger partial charge is 0.350 e. The maximum atomic E-state index is 11.8. The summed E-state index contributed by atoms with van der Waals surface area (Å²) < 4.78 is 1.36.